The zero-order valence-electron chi connectivity index (χ0n) is 12.1. The lowest BCUT2D eigenvalue weighted by Gasteiger charge is -2.09. The molecule has 0 saturated carbocycles. The first-order chi connectivity index (χ1) is 10.4. The van der Waals surface area contributed by atoms with Gasteiger partial charge in [-0.15, -0.1) is 0 Å². The number of alkyl halides is 3. The van der Waals surface area contributed by atoms with Crippen LogP contribution in [-0.4, -0.2) is 44.1 Å². The maximum absolute atomic E-state index is 12.0. The Morgan fingerprint density at radius 2 is 2.09 bits per heavy atom. The van der Waals surface area contributed by atoms with Gasteiger partial charge in [-0.05, 0) is 18.9 Å². The van der Waals surface area contributed by atoms with Crippen molar-refractivity contribution < 1.29 is 27.4 Å². The Morgan fingerprint density at radius 3 is 2.68 bits per heavy atom. The van der Waals surface area contributed by atoms with Crippen molar-refractivity contribution in [3.05, 3.63) is 18.3 Å². The normalized spacial score (nSPS) is 11.1. The van der Waals surface area contributed by atoms with E-state index < -0.39 is 18.8 Å². The number of ether oxygens (including phenoxy) is 2. The summed E-state index contributed by atoms with van der Waals surface area (Å²) in [6, 6.07) is 2.24. The molecule has 2 amide bonds. The molecule has 0 aliphatic heterocycles. The molecule has 0 saturated heterocycles. The molecule has 1 aromatic heterocycles. The molecule has 2 N–H and O–H groups in total. The minimum Gasteiger partial charge on any atom is -0.468 e. The molecule has 9 heteroatoms. The summed E-state index contributed by atoms with van der Waals surface area (Å²) >= 11 is 0. The molecule has 0 spiro atoms. The second-order valence-electron chi connectivity index (χ2n) is 4.37. The van der Waals surface area contributed by atoms with Crippen molar-refractivity contribution in [3.63, 3.8) is 0 Å². The third-order valence-electron chi connectivity index (χ3n) is 2.44. The summed E-state index contributed by atoms with van der Waals surface area (Å²) in [6.07, 6.45) is -1.58. The van der Waals surface area contributed by atoms with Crippen LogP contribution in [0, 0.1) is 0 Å². The van der Waals surface area contributed by atoms with Gasteiger partial charge < -0.3 is 20.1 Å². The number of pyridine rings is 1. The molecule has 1 aromatic rings. The molecule has 0 radical (unpaired) electrons. The highest BCUT2D eigenvalue weighted by atomic mass is 19.4. The van der Waals surface area contributed by atoms with E-state index in [-0.39, 0.29) is 5.88 Å². The molecular formula is C13H18F3N3O3. The van der Waals surface area contributed by atoms with Crippen molar-refractivity contribution >= 4 is 11.7 Å². The van der Waals surface area contributed by atoms with Crippen LogP contribution in [0.3, 0.4) is 0 Å². The lowest BCUT2D eigenvalue weighted by molar-refractivity contribution is -0.154. The number of methoxy groups -OCH3 is 1. The Hall–Kier alpha value is -2.03. The SMILES string of the molecule is COCCCCNC(=O)Nc1ccc(OCC(F)(F)F)nc1. The van der Waals surface area contributed by atoms with Crippen LogP contribution in [-0.2, 0) is 4.74 Å². The Bertz CT molecular complexity index is 452. The smallest absolute Gasteiger partial charge is 0.422 e. The van der Waals surface area contributed by atoms with E-state index in [0.29, 0.717) is 18.8 Å². The number of unbranched alkanes of at least 4 members (excludes halogenated alkanes) is 1. The molecule has 124 valence electrons. The highest BCUT2D eigenvalue weighted by molar-refractivity contribution is 5.88. The van der Waals surface area contributed by atoms with Crippen LogP contribution in [0.5, 0.6) is 5.88 Å². The molecule has 0 unspecified atom stereocenters. The number of anilines is 1. The van der Waals surface area contributed by atoms with E-state index in [1.807, 2.05) is 0 Å². The van der Waals surface area contributed by atoms with Crippen LogP contribution >= 0.6 is 0 Å². The fourth-order valence-electron chi connectivity index (χ4n) is 1.44. The van der Waals surface area contributed by atoms with Crippen molar-refractivity contribution in [2.75, 3.05) is 32.2 Å². The predicted molar refractivity (Wildman–Crippen MR) is 73.9 cm³/mol. The first kappa shape index (κ1) is 18.0. The minimum atomic E-state index is -4.42. The number of amides is 2. The zero-order valence-corrected chi connectivity index (χ0v) is 12.1. The number of aromatic nitrogens is 1. The van der Waals surface area contributed by atoms with Crippen molar-refractivity contribution in [1.82, 2.24) is 10.3 Å². The van der Waals surface area contributed by atoms with Crippen molar-refractivity contribution in [1.29, 1.82) is 0 Å². The molecule has 0 aromatic carbocycles. The van der Waals surface area contributed by atoms with Gasteiger partial charge in [0.25, 0.3) is 0 Å². The molecule has 22 heavy (non-hydrogen) atoms. The van der Waals surface area contributed by atoms with E-state index in [1.165, 1.54) is 18.3 Å². The molecule has 0 aliphatic rings. The third kappa shape index (κ3) is 8.30. The average Bonchev–Trinajstić information content (AvgIpc) is 2.45. The van der Waals surface area contributed by atoms with Crippen LogP contribution < -0.4 is 15.4 Å². The fourth-order valence-corrected chi connectivity index (χ4v) is 1.44. The van der Waals surface area contributed by atoms with Gasteiger partial charge in [0.1, 0.15) is 0 Å². The number of carbonyl (C=O) groups excluding carboxylic acids is 1. The van der Waals surface area contributed by atoms with E-state index >= 15 is 0 Å². The maximum Gasteiger partial charge on any atom is 0.422 e. The number of nitrogens with zero attached hydrogens (tertiary/aromatic N) is 1. The van der Waals surface area contributed by atoms with Gasteiger partial charge in [-0.1, -0.05) is 0 Å². The topological polar surface area (TPSA) is 72.5 Å². The number of halogens is 3. The van der Waals surface area contributed by atoms with Gasteiger partial charge in [-0.3, -0.25) is 0 Å². The average molecular weight is 321 g/mol. The number of hydrogen-bond donors (Lipinski definition) is 2. The van der Waals surface area contributed by atoms with Gasteiger partial charge in [-0.2, -0.15) is 13.2 Å². The fraction of sp³-hybridized carbons (Fsp3) is 0.538. The predicted octanol–water partition coefficient (Wildman–Crippen LogP) is 2.57. The number of hydrogen-bond acceptors (Lipinski definition) is 4. The largest absolute Gasteiger partial charge is 0.468 e. The quantitative estimate of drug-likeness (QED) is 0.722. The number of urea groups is 1. The summed E-state index contributed by atoms with van der Waals surface area (Å²) in [6.45, 7) is -0.281. The van der Waals surface area contributed by atoms with E-state index in [4.69, 9.17) is 4.74 Å². The standard InChI is InChI=1S/C13H18F3N3O3/c1-21-7-3-2-6-17-12(20)19-10-4-5-11(18-8-10)22-9-13(14,15)16/h4-5,8H,2-3,6-7,9H2,1H3,(H2,17,19,20). The van der Waals surface area contributed by atoms with E-state index in [0.717, 1.165) is 12.8 Å². The first-order valence-corrected chi connectivity index (χ1v) is 6.60. The van der Waals surface area contributed by atoms with E-state index in [9.17, 15) is 18.0 Å². The Balaban J connectivity index is 2.29. The van der Waals surface area contributed by atoms with Gasteiger partial charge in [0, 0.05) is 26.3 Å². The lowest BCUT2D eigenvalue weighted by Crippen LogP contribution is -2.29. The Kier molecular flexibility index (Phi) is 7.44. The minimum absolute atomic E-state index is 0.164. The van der Waals surface area contributed by atoms with Gasteiger partial charge in [-0.25, -0.2) is 9.78 Å². The molecule has 6 nitrogen and oxygen atoms in total. The number of carbonyl (C=O) groups is 1. The van der Waals surface area contributed by atoms with Crippen LogP contribution in [0.4, 0.5) is 23.7 Å². The van der Waals surface area contributed by atoms with Crippen LogP contribution in [0.15, 0.2) is 18.3 Å². The maximum atomic E-state index is 12.0. The second kappa shape index (κ2) is 9.08. The third-order valence-corrected chi connectivity index (χ3v) is 2.44. The summed E-state index contributed by atoms with van der Waals surface area (Å²) in [5.74, 6) is -0.164. The molecular weight excluding hydrogens is 303 g/mol. The molecule has 1 rings (SSSR count). The summed E-state index contributed by atoms with van der Waals surface area (Å²) < 4.78 is 45.2. The highest BCUT2D eigenvalue weighted by Gasteiger charge is 2.28. The van der Waals surface area contributed by atoms with Gasteiger partial charge in [0.15, 0.2) is 6.61 Å². The van der Waals surface area contributed by atoms with Crippen LogP contribution in [0.1, 0.15) is 12.8 Å². The Morgan fingerprint density at radius 1 is 1.32 bits per heavy atom. The lowest BCUT2D eigenvalue weighted by atomic mass is 10.3. The Labute approximate surface area is 126 Å². The molecule has 0 aliphatic carbocycles. The summed E-state index contributed by atoms with van der Waals surface area (Å²) in [7, 11) is 1.61. The number of nitrogens with one attached hydrogen (secondary N) is 2. The number of rotatable bonds is 8. The highest BCUT2D eigenvalue weighted by Crippen LogP contribution is 2.17. The van der Waals surface area contributed by atoms with Gasteiger partial charge >= 0.3 is 12.2 Å². The molecule has 0 fully saturated rings. The summed E-state index contributed by atoms with van der Waals surface area (Å²) in [4.78, 5) is 15.2. The molecule has 0 atom stereocenters. The summed E-state index contributed by atoms with van der Waals surface area (Å²) in [5.41, 5.74) is 0.355. The zero-order chi connectivity index (χ0) is 16.4. The van der Waals surface area contributed by atoms with E-state index in [2.05, 4.69) is 20.4 Å². The van der Waals surface area contributed by atoms with Gasteiger partial charge in [0.2, 0.25) is 5.88 Å². The summed E-state index contributed by atoms with van der Waals surface area (Å²) in [5, 5.41) is 5.15. The molecule has 1 heterocycles. The monoisotopic (exact) mass is 321 g/mol. The van der Waals surface area contributed by atoms with Gasteiger partial charge in [0.05, 0.1) is 11.9 Å². The van der Waals surface area contributed by atoms with Crippen molar-refractivity contribution in [2.45, 2.75) is 19.0 Å². The van der Waals surface area contributed by atoms with Crippen LogP contribution in [0.2, 0.25) is 0 Å². The van der Waals surface area contributed by atoms with Crippen LogP contribution in [0.25, 0.3) is 0 Å². The van der Waals surface area contributed by atoms with Crippen molar-refractivity contribution in [2.24, 2.45) is 0 Å². The first-order valence-electron chi connectivity index (χ1n) is 6.60. The molecule has 0 bridgehead atoms. The second-order valence-corrected chi connectivity index (χ2v) is 4.37. The van der Waals surface area contributed by atoms with E-state index in [1.54, 1.807) is 7.11 Å². The van der Waals surface area contributed by atoms with Crippen molar-refractivity contribution in [3.8, 4) is 5.88 Å².